The van der Waals surface area contributed by atoms with Crippen LogP contribution in [0.2, 0.25) is 0 Å². The molecule has 0 saturated heterocycles. The first-order chi connectivity index (χ1) is 9.58. The lowest BCUT2D eigenvalue weighted by molar-refractivity contribution is 0.381. The highest BCUT2D eigenvalue weighted by atomic mass is 19.1. The Labute approximate surface area is 116 Å². The molecule has 1 unspecified atom stereocenters. The number of nitrogens with two attached hydrogens (primary N) is 1. The van der Waals surface area contributed by atoms with E-state index < -0.39 is 11.9 Å². The first-order valence-corrected chi connectivity index (χ1v) is 6.13. The summed E-state index contributed by atoms with van der Waals surface area (Å²) in [6.45, 7) is 1.75. The molecule has 5 heteroatoms. The maximum absolute atomic E-state index is 14.3. The summed E-state index contributed by atoms with van der Waals surface area (Å²) in [5, 5.41) is 0. The van der Waals surface area contributed by atoms with Crippen LogP contribution in [0.1, 0.15) is 22.7 Å². The zero-order valence-corrected chi connectivity index (χ0v) is 11.3. The highest BCUT2D eigenvalue weighted by Gasteiger charge is 2.20. The van der Waals surface area contributed by atoms with Crippen LogP contribution in [0, 0.1) is 18.6 Å². The number of methoxy groups -OCH3 is 1. The van der Waals surface area contributed by atoms with Gasteiger partial charge in [-0.25, -0.2) is 14.2 Å². The van der Waals surface area contributed by atoms with Crippen molar-refractivity contribution >= 4 is 0 Å². The van der Waals surface area contributed by atoms with Gasteiger partial charge in [-0.15, -0.1) is 0 Å². The van der Waals surface area contributed by atoms with E-state index in [4.69, 9.17) is 10.6 Å². The Bertz CT molecular complexity index is 617. The number of halogens is 2. The summed E-state index contributed by atoms with van der Waals surface area (Å²) >= 11 is 0. The Kier molecular flexibility index (Phi) is 4.32. The number of benzene rings is 2. The van der Waals surface area contributed by atoms with Crippen molar-refractivity contribution < 1.29 is 13.5 Å². The summed E-state index contributed by atoms with van der Waals surface area (Å²) in [5.41, 5.74) is 4.32. The fourth-order valence-corrected chi connectivity index (χ4v) is 2.22. The normalized spacial score (nSPS) is 12.2. The fraction of sp³-hybridized carbons (Fsp3) is 0.200. The number of ether oxygens (including phenoxy) is 1. The van der Waals surface area contributed by atoms with Crippen LogP contribution in [0.5, 0.6) is 5.75 Å². The lowest BCUT2D eigenvalue weighted by atomic mass is 9.95. The molecule has 0 fully saturated rings. The van der Waals surface area contributed by atoms with Gasteiger partial charge < -0.3 is 4.74 Å². The summed E-state index contributed by atoms with van der Waals surface area (Å²) in [7, 11) is 1.40. The molecule has 0 aliphatic rings. The van der Waals surface area contributed by atoms with Gasteiger partial charge in [-0.2, -0.15) is 0 Å². The second kappa shape index (κ2) is 5.98. The van der Waals surface area contributed by atoms with Crippen molar-refractivity contribution in [3.05, 3.63) is 64.7 Å². The van der Waals surface area contributed by atoms with Crippen LogP contribution in [0.4, 0.5) is 8.78 Å². The number of rotatable bonds is 4. The van der Waals surface area contributed by atoms with Crippen LogP contribution in [0.25, 0.3) is 0 Å². The highest BCUT2D eigenvalue weighted by molar-refractivity contribution is 5.41. The summed E-state index contributed by atoms with van der Waals surface area (Å²) < 4.78 is 32.4. The van der Waals surface area contributed by atoms with E-state index in [1.54, 1.807) is 25.1 Å². The maximum atomic E-state index is 14.3. The lowest BCUT2D eigenvalue weighted by Gasteiger charge is -2.20. The molecule has 0 spiro atoms. The second-order valence-corrected chi connectivity index (χ2v) is 4.46. The third-order valence-corrected chi connectivity index (χ3v) is 3.23. The van der Waals surface area contributed by atoms with Crippen molar-refractivity contribution in [1.82, 2.24) is 5.43 Å². The SMILES string of the molecule is COc1cccc(C(NN)c2ccc(F)cc2C)c1F. The molecular formula is C15H16F2N2O. The largest absolute Gasteiger partial charge is 0.494 e. The molecule has 2 aromatic carbocycles. The zero-order valence-electron chi connectivity index (χ0n) is 11.3. The topological polar surface area (TPSA) is 47.3 Å². The first-order valence-electron chi connectivity index (χ1n) is 6.13. The molecule has 0 saturated carbocycles. The number of hydrazine groups is 1. The van der Waals surface area contributed by atoms with Gasteiger partial charge in [0, 0.05) is 5.56 Å². The molecule has 20 heavy (non-hydrogen) atoms. The van der Waals surface area contributed by atoms with Gasteiger partial charge in [-0.3, -0.25) is 5.84 Å². The number of aryl methyl sites for hydroxylation is 1. The van der Waals surface area contributed by atoms with Crippen molar-refractivity contribution in [2.24, 2.45) is 5.84 Å². The smallest absolute Gasteiger partial charge is 0.170 e. The van der Waals surface area contributed by atoms with Crippen molar-refractivity contribution in [1.29, 1.82) is 0 Å². The van der Waals surface area contributed by atoms with Crippen LogP contribution >= 0.6 is 0 Å². The molecule has 0 aliphatic heterocycles. The van der Waals surface area contributed by atoms with Crippen LogP contribution < -0.4 is 16.0 Å². The average Bonchev–Trinajstić information content (AvgIpc) is 2.43. The molecule has 3 nitrogen and oxygen atoms in total. The van der Waals surface area contributed by atoms with E-state index in [0.717, 1.165) is 0 Å². The predicted octanol–water partition coefficient (Wildman–Crippen LogP) is 2.83. The van der Waals surface area contributed by atoms with E-state index in [0.29, 0.717) is 16.7 Å². The Morgan fingerprint density at radius 3 is 2.50 bits per heavy atom. The van der Waals surface area contributed by atoms with Gasteiger partial charge in [0.2, 0.25) is 0 Å². The van der Waals surface area contributed by atoms with E-state index in [2.05, 4.69) is 5.43 Å². The molecule has 2 rings (SSSR count). The van der Waals surface area contributed by atoms with E-state index >= 15 is 0 Å². The Hall–Kier alpha value is -1.98. The van der Waals surface area contributed by atoms with Crippen molar-refractivity contribution in [3.63, 3.8) is 0 Å². The third kappa shape index (κ3) is 2.64. The van der Waals surface area contributed by atoms with Crippen LogP contribution in [0.15, 0.2) is 36.4 Å². The van der Waals surface area contributed by atoms with Gasteiger partial charge in [-0.1, -0.05) is 18.2 Å². The number of nitrogens with one attached hydrogen (secondary N) is 1. The molecule has 3 N–H and O–H groups in total. The number of hydrogen-bond donors (Lipinski definition) is 2. The Morgan fingerprint density at radius 2 is 1.90 bits per heavy atom. The minimum atomic E-state index is -0.578. The summed E-state index contributed by atoms with van der Waals surface area (Å²) in [4.78, 5) is 0. The van der Waals surface area contributed by atoms with Gasteiger partial charge in [0.05, 0.1) is 13.2 Å². The predicted molar refractivity (Wildman–Crippen MR) is 73.3 cm³/mol. The van der Waals surface area contributed by atoms with Crippen molar-refractivity contribution in [2.45, 2.75) is 13.0 Å². The molecule has 0 aromatic heterocycles. The monoisotopic (exact) mass is 278 g/mol. The molecule has 0 amide bonds. The average molecular weight is 278 g/mol. The summed E-state index contributed by atoms with van der Waals surface area (Å²) in [6, 6.07) is 8.55. The van der Waals surface area contributed by atoms with Gasteiger partial charge >= 0.3 is 0 Å². The summed E-state index contributed by atoms with van der Waals surface area (Å²) in [5.74, 6) is 4.87. The Morgan fingerprint density at radius 1 is 1.15 bits per heavy atom. The fourth-order valence-electron chi connectivity index (χ4n) is 2.22. The van der Waals surface area contributed by atoms with Gasteiger partial charge in [0.1, 0.15) is 5.82 Å². The quantitative estimate of drug-likeness (QED) is 0.668. The minimum absolute atomic E-state index is 0.141. The molecule has 0 aliphatic carbocycles. The first kappa shape index (κ1) is 14.4. The molecule has 106 valence electrons. The standard InChI is InChI=1S/C15H16F2N2O/c1-9-8-10(16)6-7-11(9)15(19-18)12-4-3-5-13(20-2)14(12)17/h3-8,15,19H,18H2,1-2H3. The number of hydrogen-bond acceptors (Lipinski definition) is 3. The van der Waals surface area contributed by atoms with Crippen LogP contribution in [-0.4, -0.2) is 7.11 Å². The zero-order chi connectivity index (χ0) is 14.7. The second-order valence-electron chi connectivity index (χ2n) is 4.46. The van der Waals surface area contributed by atoms with Crippen molar-refractivity contribution in [3.8, 4) is 5.75 Å². The third-order valence-electron chi connectivity index (χ3n) is 3.23. The molecule has 0 heterocycles. The van der Waals surface area contributed by atoms with Crippen LogP contribution in [-0.2, 0) is 0 Å². The van der Waals surface area contributed by atoms with Crippen LogP contribution in [0.3, 0.4) is 0 Å². The van der Waals surface area contributed by atoms with Gasteiger partial charge in [0.15, 0.2) is 11.6 Å². The maximum Gasteiger partial charge on any atom is 0.170 e. The van der Waals surface area contributed by atoms with E-state index in [-0.39, 0.29) is 11.6 Å². The van der Waals surface area contributed by atoms with Crippen molar-refractivity contribution in [2.75, 3.05) is 7.11 Å². The van der Waals surface area contributed by atoms with Gasteiger partial charge in [-0.05, 0) is 36.2 Å². The van der Waals surface area contributed by atoms with E-state index in [9.17, 15) is 8.78 Å². The molecule has 0 radical (unpaired) electrons. The van der Waals surface area contributed by atoms with E-state index in [1.807, 2.05) is 0 Å². The highest BCUT2D eigenvalue weighted by Crippen LogP contribution is 2.30. The molecular weight excluding hydrogens is 262 g/mol. The molecule has 1 atom stereocenters. The molecule has 2 aromatic rings. The van der Waals surface area contributed by atoms with E-state index in [1.165, 1.54) is 25.3 Å². The van der Waals surface area contributed by atoms with Gasteiger partial charge in [0.25, 0.3) is 0 Å². The molecule has 0 bridgehead atoms. The summed E-state index contributed by atoms with van der Waals surface area (Å²) in [6.07, 6.45) is 0. The Balaban J connectivity index is 2.52. The lowest BCUT2D eigenvalue weighted by Crippen LogP contribution is -2.30. The minimum Gasteiger partial charge on any atom is -0.494 e.